The zero-order chi connectivity index (χ0) is 21.4. The molecule has 0 aliphatic rings. The highest BCUT2D eigenvalue weighted by Crippen LogP contribution is 2.36. The maximum absolute atomic E-state index is 13.6. The third kappa shape index (κ3) is 3.55. The smallest absolute Gasteiger partial charge is 0.343 e. The lowest BCUT2D eigenvalue weighted by atomic mass is 9.87. The number of fused-ring (bicyclic) bond motifs is 2. The molecule has 0 bridgehead atoms. The zero-order valence-corrected chi connectivity index (χ0v) is 16.5. The molecule has 5 rings (SSSR count). The highest BCUT2D eigenvalue weighted by molar-refractivity contribution is 5.84. The maximum atomic E-state index is 13.6. The van der Waals surface area contributed by atoms with Crippen LogP contribution in [0, 0.1) is 5.82 Å². The third-order valence-electron chi connectivity index (χ3n) is 5.51. The lowest BCUT2D eigenvalue weighted by Crippen LogP contribution is -2.17. The molecule has 0 aliphatic carbocycles. The second-order valence-electron chi connectivity index (χ2n) is 7.45. The monoisotopic (exact) mass is 411 g/mol. The van der Waals surface area contributed by atoms with Gasteiger partial charge in [-0.05, 0) is 42.0 Å². The second kappa shape index (κ2) is 7.69. The summed E-state index contributed by atoms with van der Waals surface area (Å²) in [6.07, 6.45) is 0.340. The van der Waals surface area contributed by atoms with E-state index in [0.717, 1.165) is 16.6 Å². The van der Waals surface area contributed by atoms with Crippen molar-refractivity contribution in [3.05, 3.63) is 118 Å². The predicted octanol–water partition coefficient (Wildman–Crippen LogP) is 5.56. The standard InChI is InChI=1S/C26H18FNO3/c27-18-12-9-16(10-13-18)21(15-19-14-11-17-5-1-3-7-22(17)28-19)24-25(29)20-6-2-4-8-23(20)31-26(24)30/h1-14,21,29H,15H2. The highest BCUT2D eigenvalue weighted by atomic mass is 19.1. The molecule has 5 aromatic rings. The quantitative estimate of drug-likeness (QED) is 0.393. The summed E-state index contributed by atoms with van der Waals surface area (Å²) in [5, 5.41) is 12.5. The Morgan fingerprint density at radius 3 is 2.48 bits per heavy atom. The van der Waals surface area contributed by atoms with Crippen molar-refractivity contribution in [2.75, 3.05) is 0 Å². The first-order valence-corrected chi connectivity index (χ1v) is 9.95. The molecule has 0 amide bonds. The molecule has 152 valence electrons. The summed E-state index contributed by atoms with van der Waals surface area (Å²) < 4.78 is 19.1. The van der Waals surface area contributed by atoms with Crippen LogP contribution in [0.4, 0.5) is 4.39 Å². The summed E-state index contributed by atoms with van der Waals surface area (Å²) in [5.41, 5.74) is 2.11. The first-order valence-electron chi connectivity index (χ1n) is 9.95. The normalized spacial score (nSPS) is 12.3. The van der Waals surface area contributed by atoms with E-state index in [0.29, 0.717) is 23.0 Å². The minimum atomic E-state index is -0.619. The van der Waals surface area contributed by atoms with Gasteiger partial charge in [-0.15, -0.1) is 0 Å². The number of hydrogen-bond donors (Lipinski definition) is 1. The van der Waals surface area contributed by atoms with E-state index in [4.69, 9.17) is 9.40 Å². The van der Waals surface area contributed by atoms with Crippen LogP contribution in [0.3, 0.4) is 0 Å². The SMILES string of the molecule is O=c1oc2ccccc2c(O)c1C(Cc1ccc2ccccc2n1)c1ccc(F)cc1. The number of benzene rings is 3. The van der Waals surface area contributed by atoms with E-state index >= 15 is 0 Å². The minimum Gasteiger partial charge on any atom is -0.507 e. The third-order valence-corrected chi connectivity index (χ3v) is 5.51. The Balaban J connectivity index is 1.68. The summed E-state index contributed by atoms with van der Waals surface area (Å²) in [6.45, 7) is 0. The first-order chi connectivity index (χ1) is 15.1. The molecule has 1 atom stereocenters. The van der Waals surface area contributed by atoms with Gasteiger partial charge < -0.3 is 9.52 Å². The molecular weight excluding hydrogens is 393 g/mol. The van der Waals surface area contributed by atoms with E-state index in [9.17, 15) is 14.3 Å². The van der Waals surface area contributed by atoms with Gasteiger partial charge in [0.25, 0.3) is 0 Å². The molecule has 2 heterocycles. The Labute approximate surface area is 177 Å². The highest BCUT2D eigenvalue weighted by Gasteiger charge is 2.25. The van der Waals surface area contributed by atoms with E-state index in [-0.39, 0.29) is 17.1 Å². The Hall–Kier alpha value is -3.99. The number of pyridine rings is 1. The molecule has 0 aliphatic heterocycles. The number of halogens is 1. The summed E-state index contributed by atoms with van der Waals surface area (Å²) >= 11 is 0. The van der Waals surface area contributed by atoms with Crippen LogP contribution in [0.25, 0.3) is 21.9 Å². The van der Waals surface area contributed by atoms with Gasteiger partial charge >= 0.3 is 5.63 Å². The Kier molecular flexibility index (Phi) is 4.71. The van der Waals surface area contributed by atoms with Gasteiger partial charge in [-0.3, -0.25) is 4.98 Å². The van der Waals surface area contributed by atoms with Crippen molar-refractivity contribution in [3.8, 4) is 5.75 Å². The van der Waals surface area contributed by atoms with Gasteiger partial charge in [-0.25, -0.2) is 9.18 Å². The van der Waals surface area contributed by atoms with Gasteiger partial charge in [0.15, 0.2) is 0 Å². The first kappa shape index (κ1) is 19.0. The molecule has 0 fully saturated rings. The zero-order valence-electron chi connectivity index (χ0n) is 16.5. The molecule has 1 N–H and O–H groups in total. The molecule has 1 unspecified atom stereocenters. The Morgan fingerprint density at radius 2 is 1.65 bits per heavy atom. The molecule has 3 aromatic carbocycles. The van der Waals surface area contributed by atoms with Crippen LogP contribution in [-0.2, 0) is 6.42 Å². The molecular formula is C26H18FNO3. The molecule has 0 saturated heterocycles. The van der Waals surface area contributed by atoms with Gasteiger partial charge in [-0.1, -0.05) is 48.5 Å². The van der Waals surface area contributed by atoms with Crippen LogP contribution in [0.5, 0.6) is 5.75 Å². The Bertz CT molecular complexity index is 1460. The molecule has 31 heavy (non-hydrogen) atoms. The van der Waals surface area contributed by atoms with Crippen LogP contribution in [0.2, 0.25) is 0 Å². The largest absolute Gasteiger partial charge is 0.507 e. The van der Waals surface area contributed by atoms with Gasteiger partial charge in [0.05, 0.1) is 16.5 Å². The van der Waals surface area contributed by atoms with Crippen molar-refractivity contribution in [1.82, 2.24) is 4.98 Å². The Morgan fingerprint density at radius 1 is 0.903 bits per heavy atom. The van der Waals surface area contributed by atoms with Gasteiger partial charge in [0, 0.05) is 23.4 Å². The summed E-state index contributed by atoms with van der Waals surface area (Å²) in [4.78, 5) is 17.6. The van der Waals surface area contributed by atoms with Crippen molar-refractivity contribution in [1.29, 1.82) is 0 Å². The fourth-order valence-electron chi connectivity index (χ4n) is 3.97. The minimum absolute atomic E-state index is 0.123. The molecule has 2 aromatic heterocycles. The number of aromatic nitrogens is 1. The van der Waals surface area contributed by atoms with Gasteiger partial charge in [-0.2, -0.15) is 0 Å². The average Bonchev–Trinajstić information content (AvgIpc) is 2.79. The van der Waals surface area contributed by atoms with Crippen LogP contribution < -0.4 is 5.63 Å². The maximum Gasteiger partial charge on any atom is 0.343 e. The van der Waals surface area contributed by atoms with Gasteiger partial charge in [0.1, 0.15) is 17.1 Å². The van der Waals surface area contributed by atoms with Crippen molar-refractivity contribution in [2.45, 2.75) is 12.3 Å². The summed E-state index contributed by atoms with van der Waals surface area (Å²) in [5.74, 6) is -1.06. The van der Waals surface area contributed by atoms with Crippen molar-refractivity contribution < 1.29 is 13.9 Å². The number of rotatable bonds is 4. The van der Waals surface area contributed by atoms with E-state index in [1.54, 1.807) is 36.4 Å². The molecule has 5 heteroatoms. The van der Waals surface area contributed by atoms with E-state index < -0.39 is 11.5 Å². The van der Waals surface area contributed by atoms with Crippen LogP contribution >= 0.6 is 0 Å². The molecule has 0 radical (unpaired) electrons. The van der Waals surface area contributed by atoms with Crippen molar-refractivity contribution >= 4 is 21.9 Å². The average molecular weight is 411 g/mol. The van der Waals surface area contributed by atoms with Gasteiger partial charge in [0.2, 0.25) is 0 Å². The number of hydrogen-bond acceptors (Lipinski definition) is 4. The molecule has 0 spiro atoms. The predicted molar refractivity (Wildman–Crippen MR) is 118 cm³/mol. The van der Waals surface area contributed by atoms with Crippen LogP contribution in [0.15, 0.2) is 94.1 Å². The number of nitrogens with zero attached hydrogens (tertiary/aromatic N) is 1. The summed E-state index contributed by atoms with van der Waals surface area (Å²) in [7, 11) is 0. The lowest BCUT2D eigenvalue weighted by Gasteiger charge is -2.19. The van der Waals surface area contributed by atoms with E-state index in [1.807, 2.05) is 36.4 Å². The summed E-state index contributed by atoms with van der Waals surface area (Å²) in [6, 6.07) is 24.4. The van der Waals surface area contributed by atoms with Crippen molar-refractivity contribution in [3.63, 3.8) is 0 Å². The second-order valence-corrected chi connectivity index (χ2v) is 7.45. The van der Waals surface area contributed by atoms with Crippen LogP contribution in [0.1, 0.15) is 22.7 Å². The topological polar surface area (TPSA) is 63.3 Å². The fraction of sp³-hybridized carbons (Fsp3) is 0.0769. The number of aromatic hydroxyl groups is 1. The fourth-order valence-corrected chi connectivity index (χ4v) is 3.97. The van der Waals surface area contributed by atoms with Crippen LogP contribution in [-0.4, -0.2) is 10.1 Å². The van der Waals surface area contributed by atoms with E-state index in [1.165, 1.54) is 12.1 Å². The van der Waals surface area contributed by atoms with E-state index in [2.05, 4.69) is 0 Å². The lowest BCUT2D eigenvalue weighted by molar-refractivity contribution is 0.450. The molecule has 0 saturated carbocycles. The number of para-hydroxylation sites is 2. The molecule has 4 nitrogen and oxygen atoms in total. The van der Waals surface area contributed by atoms with Crippen molar-refractivity contribution in [2.24, 2.45) is 0 Å².